The van der Waals surface area contributed by atoms with Gasteiger partial charge in [-0.25, -0.2) is 4.39 Å². The summed E-state index contributed by atoms with van der Waals surface area (Å²) < 4.78 is 25.8. The van der Waals surface area contributed by atoms with E-state index in [1.165, 1.54) is 0 Å². The lowest BCUT2D eigenvalue weighted by atomic mass is 10.1. The molecular weight excluding hydrogens is 272 g/mol. The van der Waals surface area contributed by atoms with Crippen LogP contribution in [0, 0.1) is 33.6 Å². The third kappa shape index (κ3) is 2.73. The van der Waals surface area contributed by atoms with Gasteiger partial charge >= 0.3 is 5.69 Å². The Hall–Kier alpha value is -1.48. The molecule has 0 amide bonds. The standard InChI is InChI=1S/C9H4BrF2NO2/c10-3-1-2-6-4-7(11)5-8(12)9(6)13(14)15/h4-5H,3H2. The molecule has 0 radical (unpaired) electrons. The first kappa shape index (κ1) is 11.6. The number of alkyl halides is 1. The molecule has 0 spiro atoms. The lowest BCUT2D eigenvalue weighted by Gasteiger charge is -1.97. The first-order valence-electron chi connectivity index (χ1n) is 3.74. The normalized spacial score (nSPS) is 9.27. The van der Waals surface area contributed by atoms with Crippen LogP contribution in [0.2, 0.25) is 0 Å². The first-order chi connectivity index (χ1) is 7.06. The van der Waals surface area contributed by atoms with Crippen molar-refractivity contribution in [3.05, 3.63) is 39.4 Å². The van der Waals surface area contributed by atoms with Gasteiger partial charge in [-0.1, -0.05) is 27.8 Å². The molecule has 0 aliphatic heterocycles. The molecule has 0 aliphatic rings. The summed E-state index contributed by atoms with van der Waals surface area (Å²) in [6.07, 6.45) is 0. The zero-order valence-corrected chi connectivity index (χ0v) is 8.85. The van der Waals surface area contributed by atoms with Crippen molar-refractivity contribution in [1.82, 2.24) is 0 Å². The SMILES string of the molecule is O=[N+]([O-])c1c(F)cc(F)cc1C#CCBr. The molecule has 0 saturated carbocycles. The molecule has 0 bridgehead atoms. The Morgan fingerprint density at radius 2 is 2.13 bits per heavy atom. The Balaban J connectivity index is 3.40. The molecule has 1 aromatic rings. The first-order valence-corrected chi connectivity index (χ1v) is 4.86. The van der Waals surface area contributed by atoms with Crippen molar-refractivity contribution in [2.24, 2.45) is 0 Å². The minimum Gasteiger partial charge on any atom is -0.258 e. The van der Waals surface area contributed by atoms with Crippen molar-refractivity contribution in [3.8, 4) is 11.8 Å². The van der Waals surface area contributed by atoms with Gasteiger partial charge in [-0.3, -0.25) is 10.1 Å². The van der Waals surface area contributed by atoms with Gasteiger partial charge in [0.2, 0.25) is 5.82 Å². The van der Waals surface area contributed by atoms with E-state index in [2.05, 4.69) is 27.8 Å². The monoisotopic (exact) mass is 275 g/mol. The van der Waals surface area contributed by atoms with Crippen molar-refractivity contribution in [2.75, 3.05) is 5.33 Å². The van der Waals surface area contributed by atoms with Crippen LogP contribution in [0.1, 0.15) is 5.56 Å². The Labute approximate surface area is 92.4 Å². The minimum absolute atomic E-state index is 0.266. The molecule has 15 heavy (non-hydrogen) atoms. The smallest absolute Gasteiger partial charge is 0.258 e. The summed E-state index contributed by atoms with van der Waals surface area (Å²) in [5.74, 6) is 2.64. The number of nitro groups is 1. The van der Waals surface area contributed by atoms with Gasteiger partial charge < -0.3 is 0 Å². The van der Waals surface area contributed by atoms with Gasteiger partial charge in [0.1, 0.15) is 11.4 Å². The van der Waals surface area contributed by atoms with Crippen molar-refractivity contribution in [1.29, 1.82) is 0 Å². The number of hydrogen-bond donors (Lipinski definition) is 0. The largest absolute Gasteiger partial charge is 0.320 e. The van der Waals surface area contributed by atoms with Crippen molar-refractivity contribution in [3.63, 3.8) is 0 Å². The fourth-order valence-corrected chi connectivity index (χ4v) is 1.12. The topological polar surface area (TPSA) is 43.1 Å². The van der Waals surface area contributed by atoms with Crippen LogP contribution in [0.5, 0.6) is 0 Å². The molecule has 6 heteroatoms. The van der Waals surface area contributed by atoms with E-state index in [4.69, 9.17) is 0 Å². The van der Waals surface area contributed by atoms with E-state index in [1.807, 2.05) is 0 Å². The zero-order chi connectivity index (χ0) is 11.4. The Kier molecular flexibility index (Phi) is 3.74. The third-order valence-corrected chi connectivity index (χ3v) is 1.78. The van der Waals surface area contributed by atoms with Crippen LogP contribution in [-0.4, -0.2) is 10.3 Å². The average molecular weight is 276 g/mol. The maximum absolute atomic E-state index is 13.0. The summed E-state index contributed by atoms with van der Waals surface area (Å²) in [5.41, 5.74) is -1.07. The van der Waals surface area contributed by atoms with Crippen LogP contribution in [0.4, 0.5) is 14.5 Å². The molecule has 0 N–H and O–H groups in total. The van der Waals surface area contributed by atoms with Crippen LogP contribution in [0.3, 0.4) is 0 Å². The Bertz CT molecular complexity index is 465. The summed E-state index contributed by atoms with van der Waals surface area (Å²) in [7, 11) is 0. The van der Waals surface area contributed by atoms with E-state index in [0.717, 1.165) is 6.07 Å². The molecule has 0 saturated heterocycles. The summed E-state index contributed by atoms with van der Waals surface area (Å²) in [5, 5.41) is 10.7. The van der Waals surface area contributed by atoms with E-state index in [1.54, 1.807) is 0 Å². The molecule has 0 atom stereocenters. The van der Waals surface area contributed by atoms with E-state index < -0.39 is 22.2 Å². The second-order valence-corrected chi connectivity index (χ2v) is 3.04. The summed E-state index contributed by atoms with van der Waals surface area (Å²) in [6, 6.07) is 1.29. The molecule has 1 aromatic carbocycles. The van der Waals surface area contributed by atoms with Gasteiger partial charge in [0.15, 0.2) is 0 Å². The number of rotatable bonds is 1. The van der Waals surface area contributed by atoms with Crippen LogP contribution < -0.4 is 0 Å². The van der Waals surface area contributed by atoms with Crippen molar-refractivity contribution >= 4 is 21.6 Å². The molecule has 1 rings (SSSR count). The van der Waals surface area contributed by atoms with Crippen LogP contribution in [0.15, 0.2) is 12.1 Å². The van der Waals surface area contributed by atoms with Crippen LogP contribution in [0.25, 0.3) is 0 Å². The molecule has 78 valence electrons. The van der Waals surface area contributed by atoms with E-state index in [9.17, 15) is 18.9 Å². The molecule has 0 aliphatic carbocycles. The summed E-state index contributed by atoms with van der Waals surface area (Å²) in [4.78, 5) is 9.56. The molecule has 0 fully saturated rings. The third-order valence-electron chi connectivity index (χ3n) is 1.50. The number of benzene rings is 1. The number of nitrogens with zero attached hydrogens (tertiary/aromatic N) is 1. The Morgan fingerprint density at radius 1 is 1.47 bits per heavy atom. The highest BCUT2D eigenvalue weighted by Gasteiger charge is 2.20. The molecule has 0 unspecified atom stereocenters. The fourth-order valence-electron chi connectivity index (χ4n) is 0.975. The van der Waals surface area contributed by atoms with Gasteiger partial charge in [-0.2, -0.15) is 4.39 Å². The van der Waals surface area contributed by atoms with Crippen LogP contribution >= 0.6 is 15.9 Å². The predicted molar refractivity (Wildman–Crippen MR) is 53.7 cm³/mol. The highest BCUT2D eigenvalue weighted by atomic mass is 79.9. The average Bonchev–Trinajstić information content (AvgIpc) is 2.12. The van der Waals surface area contributed by atoms with E-state index >= 15 is 0 Å². The van der Waals surface area contributed by atoms with Gasteiger partial charge in [0.05, 0.1) is 10.3 Å². The summed E-state index contributed by atoms with van der Waals surface area (Å²) in [6.45, 7) is 0. The minimum atomic E-state index is -1.22. The summed E-state index contributed by atoms with van der Waals surface area (Å²) >= 11 is 2.97. The molecule has 0 heterocycles. The second kappa shape index (κ2) is 4.84. The molecule has 0 aromatic heterocycles. The van der Waals surface area contributed by atoms with Crippen LogP contribution in [-0.2, 0) is 0 Å². The molecule has 3 nitrogen and oxygen atoms in total. The van der Waals surface area contributed by atoms with Gasteiger partial charge in [-0.05, 0) is 6.07 Å². The second-order valence-electron chi connectivity index (χ2n) is 2.48. The van der Waals surface area contributed by atoms with Crippen molar-refractivity contribution in [2.45, 2.75) is 0 Å². The van der Waals surface area contributed by atoms with Gasteiger partial charge in [-0.15, -0.1) is 0 Å². The lowest BCUT2D eigenvalue weighted by molar-refractivity contribution is -0.387. The van der Waals surface area contributed by atoms with Crippen molar-refractivity contribution < 1.29 is 13.7 Å². The highest BCUT2D eigenvalue weighted by molar-refractivity contribution is 9.09. The molecular formula is C9H4BrF2NO2. The quantitative estimate of drug-likeness (QED) is 0.342. The maximum atomic E-state index is 13.0. The Morgan fingerprint density at radius 3 is 2.67 bits per heavy atom. The zero-order valence-electron chi connectivity index (χ0n) is 7.26. The predicted octanol–water partition coefficient (Wildman–Crippen LogP) is 2.62. The number of hydrogen-bond acceptors (Lipinski definition) is 2. The maximum Gasteiger partial charge on any atom is 0.320 e. The van der Waals surface area contributed by atoms with Gasteiger partial charge in [0, 0.05) is 6.07 Å². The highest BCUT2D eigenvalue weighted by Crippen LogP contribution is 2.23. The van der Waals surface area contributed by atoms with E-state index in [-0.39, 0.29) is 10.9 Å². The fraction of sp³-hybridized carbons (Fsp3) is 0.111. The van der Waals surface area contributed by atoms with Gasteiger partial charge in [0.25, 0.3) is 0 Å². The number of nitro benzene ring substituents is 1. The number of halogens is 3. The van der Waals surface area contributed by atoms with E-state index in [0.29, 0.717) is 6.07 Å². The lowest BCUT2D eigenvalue weighted by Crippen LogP contribution is -1.97.